The molecule has 0 spiro atoms. The van der Waals surface area contributed by atoms with Crippen molar-refractivity contribution in [2.24, 2.45) is 0 Å². The zero-order chi connectivity index (χ0) is 16.2. The highest BCUT2D eigenvalue weighted by molar-refractivity contribution is 5.90. The van der Waals surface area contributed by atoms with Crippen LogP contribution in [0.25, 0.3) is 0 Å². The van der Waals surface area contributed by atoms with Crippen molar-refractivity contribution in [3.8, 4) is 0 Å². The number of ether oxygens (including phenoxy) is 1. The number of carbonyl (C=O) groups is 1. The van der Waals surface area contributed by atoms with Crippen LogP contribution >= 0.6 is 0 Å². The van der Waals surface area contributed by atoms with Gasteiger partial charge in [-0.1, -0.05) is 5.21 Å². The summed E-state index contributed by atoms with van der Waals surface area (Å²) in [7, 11) is 0. The second-order valence-corrected chi connectivity index (χ2v) is 5.06. The van der Waals surface area contributed by atoms with Crippen molar-refractivity contribution in [2.45, 2.75) is 12.6 Å². The summed E-state index contributed by atoms with van der Waals surface area (Å²) in [6, 6.07) is 4.42. The Labute approximate surface area is 131 Å². The van der Waals surface area contributed by atoms with Gasteiger partial charge in [0.25, 0.3) is 0 Å². The molecular formula is C14H16FN5O3. The minimum Gasteiger partial charge on any atom is -0.442 e. The highest BCUT2D eigenvalue weighted by Crippen LogP contribution is 2.26. The van der Waals surface area contributed by atoms with E-state index in [-0.39, 0.29) is 24.9 Å². The molecule has 1 aliphatic rings. The van der Waals surface area contributed by atoms with Crippen molar-refractivity contribution in [1.29, 1.82) is 0 Å². The molecule has 9 heteroatoms. The van der Waals surface area contributed by atoms with Gasteiger partial charge in [0.2, 0.25) is 0 Å². The van der Waals surface area contributed by atoms with Crippen LogP contribution in [0, 0.1) is 5.82 Å². The van der Waals surface area contributed by atoms with Gasteiger partial charge in [-0.15, -0.1) is 5.10 Å². The Bertz CT molecular complexity index is 679. The monoisotopic (exact) mass is 321 g/mol. The molecular weight excluding hydrogens is 305 g/mol. The van der Waals surface area contributed by atoms with Crippen molar-refractivity contribution >= 4 is 17.5 Å². The van der Waals surface area contributed by atoms with E-state index in [1.807, 2.05) is 0 Å². The molecule has 0 aliphatic carbocycles. The zero-order valence-electron chi connectivity index (χ0n) is 12.2. The first-order valence-corrected chi connectivity index (χ1v) is 7.14. The van der Waals surface area contributed by atoms with Crippen LogP contribution < -0.4 is 10.2 Å². The first kappa shape index (κ1) is 15.2. The van der Waals surface area contributed by atoms with Crippen molar-refractivity contribution < 1.29 is 19.0 Å². The number of hydrogen-bond acceptors (Lipinski definition) is 6. The first-order chi connectivity index (χ1) is 11.2. The molecule has 122 valence electrons. The van der Waals surface area contributed by atoms with Crippen molar-refractivity contribution in [2.75, 3.05) is 29.9 Å². The molecule has 3 rings (SSSR count). The molecule has 1 atom stereocenters. The van der Waals surface area contributed by atoms with Gasteiger partial charge in [0.1, 0.15) is 11.9 Å². The SMILES string of the molecule is O=C1O[C@@H](Cn2ccnn2)CN1c1ccc(NCCO)c(F)c1. The number of carbonyl (C=O) groups excluding carboxylic acids is 1. The third-order valence-corrected chi connectivity index (χ3v) is 3.43. The lowest BCUT2D eigenvalue weighted by atomic mass is 10.2. The summed E-state index contributed by atoms with van der Waals surface area (Å²) in [5.41, 5.74) is 0.692. The number of benzene rings is 1. The maximum Gasteiger partial charge on any atom is 0.414 e. The van der Waals surface area contributed by atoms with E-state index < -0.39 is 11.9 Å². The van der Waals surface area contributed by atoms with Gasteiger partial charge in [0.15, 0.2) is 0 Å². The molecule has 8 nitrogen and oxygen atoms in total. The smallest absolute Gasteiger partial charge is 0.414 e. The highest BCUT2D eigenvalue weighted by atomic mass is 19.1. The number of aliphatic hydroxyl groups excluding tert-OH is 1. The van der Waals surface area contributed by atoms with Crippen LogP contribution in [-0.2, 0) is 11.3 Å². The Balaban J connectivity index is 1.69. The minimum atomic E-state index is -0.523. The predicted octanol–water partition coefficient (Wildman–Crippen LogP) is 0.847. The molecule has 2 heterocycles. The van der Waals surface area contributed by atoms with E-state index in [0.29, 0.717) is 18.8 Å². The number of rotatable bonds is 6. The van der Waals surface area contributed by atoms with Gasteiger partial charge in [-0.3, -0.25) is 4.90 Å². The number of aromatic nitrogens is 3. The van der Waals surface area contributed by atoms with Crippen LogP contribution in [-0.4, -0.2) is 52.0 Å². The molecule has 1 amide bonds. The lowest BCUT2D eigenvalue weighted by Gasteiger charge is -2.14. The minimum absolute atomic E-state index is 0.0936. The van der Waals surface area contributed by atoms with E-state index in [1.165, 1.54) is 17.0 Å². The van der Waals surface area contributed by atoms with Crippen molar-refractivity contribution in [3.63, 3.8) is 0 Å². The van der Waals surface area contributed by atoms with Crippen LogP contribution in [0.1, 0.15) is 0 Å². The molecule has 2 aromatic rings. The molecule has 0 bridgehead atoms. The summed E-state index contributed by atoms with van der Waals surface area (Å²) in [4.78, 5) is 13.3. The molecule has 1 aromatic heterocycles. The normalized spacial score (nSPS) is 17.4. The third kappa shape index (κ3) is 3.39. The molecule has 0 saturated carbocycles. The number of aliphatic hydroxyl groups is 1. The number of nitrogens with one attached hydrogen (secondary N) is 1. The predicted molar refractivity (Wildman–Crippen MR) is 79.6 cm³/mol. The summed E-state index contributed by atoms with van der Waals surface area (Å²) in [5, 5.41) is 19.0. The molecule has 1 aromatic carbocycles. The Morgan fingerprint density at radius 1 is 1.48 bits per heavy atom. The third-order valence-electron chi connectivity index (χ3n) is 3.43. The van der Waals surface area contributed by atoms with Gasteiger partial charge < -0.3 is 15.2 Å². The average molecular weight is 321 g/mol. The fourth-order valence-electron chi connectivity index (χ4n) is 2.37. The number of halogens is 1. The van der Waals surface area contributed by atoms with E-state index in [1.54, 1.807) is 23.1 Å². The summed E-state index contributed by atoms with van der Waals surface area (Å²) >= 11 is 0. The maximum absolute atomic E-state index is 14.0. The Hall–Kier alpha value is -2.68. The molecule has 1 fully saturated rings. The van der Waals surface area contributed by atoms with Crippen molar-refractivity contribution in [3.05, 3.63) is 36.4 Å². The standard InChI is InChI=1S/C14H16FN5O3/c15-12-7-10(1-2-13(12)16-4-6-21)20-9-11(23-14(20)22)8-19-5-3-17-18-19/h1-3,5,7,11,16,21H,4,6,8-9H2/t11-/m0/s1. The number of hydrogen-bond donors (Lipinski definition) is 2. The van der Waals surface area contributed by atoms with Gasteiger partial charge in [0.05, 0.1) is 37.3 Å². The maximum atomic E-state index is 14.0. The van der Waals surface area contributed by atoms with E-state index in [0.717, 1.165) is 0 Å². The second kappa shape index (κ2) is 6.61. The van der Waals surface area contributed by atoms with Crippen LogP contribution in [0.15, 0.2) is 30.6 Å². The van der Waals surface area contributed by atoms with Crippen LogP contribution in [0.4, 0.5) is 20.6 Å². The Morgan fingerprint density at radius 3 is 3.04 bits per heavy atom. The van der Waals surface area contributed by atoms with Gasteiger partial charge in [0, 0.05) is 12.7 Å². The average Bonchev–Trinajstić information content (AvgIpc) is 3.16. The van der Waals surface area contributed by atoms with Gasteiger partial charge >= 0.3 is 6.09 Å². The largest absolute Gasteiger partial charge is 0.442 e. The lowest BCUT2D eigenvalue weighted by Crippen LogP contribution is -2.26. The Kier molecular flexibility index (Phi) is 4.38. The first-order valence-electron chi connectivity index (χ1n) is 7.14. The second-order valence-electron chi connectivity index (χ2n) is 5.06. The highest BCUT2D eigenvalue weighted by Gasteiger charge is 2.33. The van der Waals surface area contributed by atoms with E-state index in [4.69, 9.17) is 9.84 Å². The zero-order valence-corrected chi connectivity index (χ0v) is 12.2. The number of nitrogens with zero attached hydrogens (tertiary/aromatic N) is 4. The van der Waals surface area contributed by atoms with Crippen LogP contribution in [0.5, 0.6) is 0 Å². The lowest BCUT2D eigenvalue weighted by molar-refractivity contribution is 0.129. The van der Waals surface area contributed by atoms with Gasteiger partial charge in [-0.05, 0) is 18.2 Å². The number of anilines is 2. The number of amides is 1. The van der Waals surface area contributed by atoms with Gasteiger partial charge in [-0.2, -0.15) is 0 Å². The van der Waals surface area contributed by atoms with E-state index >= 15 is 0 Å². The van der Waals surface area contributed by atoms with E-state index in [2.05, 4.69) is 15.6 Å². The van der Waals surface area contributed by atoms with Crippen LogP contribution in [0.2, 0.25) is 0 Å². The quantitative estimate of drug-likeness (QED) is 0.819. The number of cyclic esters (lactones) is 1. The summed E-state index contributed by atoms with van der Waals surface area (Å²) in [6.45, 7) is 0.855. The summed E-state index contributed by atoms with van der Waals surface area (Å²) in [6.07, 6.45) is 2.32. The van der Waals surface area contributed by atoms with Crippen molar-refractivity contribution in [1.82, 2.24) is 15.0 Å². The molecule has 1 saturated heterocycles. The summed E-state index contributed by atoms with van der Waals surface area (Å²) in [5.74, 6) is -0.497. The fourth-order valence-corrected chi connectivity index (χ4v) is 2.37. The summed E-state index contributed by atoms with van der Waals surface area (Å²) < 4.78 is 20.8. The fraction of sp³-hybridized carbons (Fsp3) is 0.357. The molecule has 1 aliphatic heterocycles. The topological polar surface area (TPSA) is 92.5 Å². The van der Waals surface area contributed by atoms with Crippen LogP contribution in [0.3, 0.4) is 0 Å². The molecule has 2 N–H and O–H groups in total. The van der Waals surface area contributed by atoms with E-state index in [9.17, 15) is 9.18 Å². The molecule has 0 radical (unpaired) electrons. The molecule has 23 heavy (non-hydrogen) atoms. The molecule has 0 unspecified atom stereocenters. The Morgan fingerprint density at radius 2 is 2.35 bits per heavy atom. The van der Waals surface area contributed by atoms with Gasteiger partial charge in [-0.25, -0.2) is 13.9 Å².